The summed E-state index contributed by atoms with van der Waals surface area (Å²) in [6, 6.07) is 14.5. The first-order valence-corrected chi connectivity index (χ1v) is 15.8. The first kappa shape index (κ1) is 33.0. The Kier molecular flexibility index (Phi) is 11.4. The highest BCUT2D eigenvalue weighted by Gasteiger charge is 2.34. The Morgan fingerprint density at radius 1 is 0.878 bits per heavy atom. The molecule has 0 unspecified atom stereocenters. The maximum absolute atomic E-state index is 14.1. The highest BCUT2D eigenvalue weighted by atomic mass is 35.5. The van der Waals surface area contributed by atoms with E-state index in [0.29, 0.717) is 22.0 Å². The lowest BCUT2D eigenvalue weighted by Crippen LogP contribution is -2.52. The van der Waals surface area contributed by atoms with Crippen molar-refractivity contribution in [2.45, 2.75) is 57.6 Å². The summed E-state index contributed by atoms with van der Waals surface area (Å²) in [5.74, 6) is -1.09. The third-order valence-electron chi connectivity index (χ3n) is 6.65. The maximum Gasteiger partial charge on any atom is 0.264 e. The van der Waals surface area contributed by atoms with Crippen molar-refractivity contribution in [2.75, 3.05) is 10.8 Å². The molecule has 12 heteroatoms. The molecule has 1 N–H and O–H groups in total. The van der Waals surface area contributed by atoms with E-state index in [-0.39, 0.29) is 33.2 Å². The Morgan fingerprint density at radius 2 is 1.44 bits per heavy atom. The molecule has 0 saturated heterocycles. The standard InChI is InChI=1S/C29H31Cl4N3O4S/c1-5-19(3)34-29(38)20(4)35(16-22-23(30)8-6-9-24(22)31)27(37)17-36(26-11-7-10-25(32)28(26)33)41(39,40)21-14-12-18(2)13-15-21/h6-15,19-20H,5,16-17H2,1-4H3,(H,34,38)/t19-,20-/m1/s1. The smallest absolute Gasteiger partial charge is 0.264 e. The minimum Gasteiger partial charge on any atom is -0.352 e. The van der Waals surface area contributed by atoms with Crippen molar-refractivity contribution < 1.29 is 18.0 Å². The number of carbonyl (C=O) groups is 2. The number of halogens is 4. The second-order valence-corrected chi connectivity index (χ2v) is 13.1. The van der Waals surface area contributed by atoms with Crippen molar-refractivity contribution in [1.29, 1.82) is 0 Å². The zero-order valence-corrected chi connectivity index (χ0v) is 26.8. The molecule has 41 heavy (non-hydrogen) atoms. The molecule has 220 valence electrons. The zero-order chi connectivity index (χ0) is 30.5. The largest absolute Gasteiger partial charge is 0.352 e. The minimum atomic E-state index is -4.31. The molecule has 3 aromatic rings. The molecule has 2 amide bonds. The van der Waals surface area contributed by atoms with Crippen LogP contribution in [0.25, 0.3) is 0 Å². The van der Waals surface area contributed by atoms with Gasteiger partial charge in [0.1, 0.15) is 12.6 Å². The number of carbonyl (C=O) groups excluding carboxylic acids is 2. The van der Waals surface area contributed by atoms with Crippen molar-refractivity contribution in [3.05, 3.63) is 91.9 Å². The van der Waals surface area contributed by atoms with Crippen LogP contribution in [0.2, 0.25) is 20.1 Å². The second kappa shape index (κ2) is 14.1. The molecule has 0 saturated carbocycles. The van der Waals surface area contributed by atoms with Crippen molar-refractivity contribution in [2.24, 2.45) is 0 Å². The third kappa shape index (κ3) is 7.87. The summed E-state index contributed by atoms with van der Waals surface area (Å²) in [4.78, 5) is 28.4. The predicted molar refractivity (Wildman–Crippen MR) is 167 cm³/mol. The molecular formula is C29H31Cl4N3O4S. The molecular weight excluding hydrogens is 628 g/mol. The van der Waals surface area contributed by atoms with Gasteiger partial charge in [0.25, 0.3) is 10.0 Å². The Bertz CT molecular complexity index is 1500. The number of hydrogen-bond acceptors (Lipinski definition) is 4. The first-order chi connectivity index (χ1) is 19.3. The lowest BCUT2D eigenvalue weighted by molar-refractivity contribution is -0.139. The van der Waals surface area contributed by atoms with E-state index >= 15 is 0 Å². The Labute approximate surface area is 261 Å². The van der Waals surface area contributed by atoms with Crippen LogP contribution >= 0.6 is 46.4 Å². The number of nitrogens with zero attached hydrogens (tertiary/aromatic N) is 2. The molecule has 0 aliphatic rings. The molecule has 0 aliphatic heterocycles. The van der Waals surface area contributed by atoms with E-state index in [2.05, 4.69) is 5.32 Å². The topological polar surface area (TPSA) is 86.8 Å². The van der Waals surface area contributed by atoms with Crippen LogP contribution in [0.5, 0.6) is 0 Å². The molecule has 0 aromatic heterocycles. The van der Waals surface area contributed by atoms with Crippen LogP contribution in [0.4, 0.5) is 5.69 Å². The van der Waals surface area contributed by atoms with Crippen LogP contribution in [0.1, 0.15) is 38.3 Å². The number of rotatable bonds is 11. The number of anilines is 1. The van der Waals surface area contributed by atoms with Gasteiger partial charge in [0.05, 0.1) is 20.6 Å². The molecule has 3 rings (SSSR count). The maximum atomic E-state index is 14.1. The summed E-state index contributed by atoms with van der Waals surface area (Å²) in [6.07, 6.45) is 0.679. The Morgan fingerprint density at radius 3 is 2.02 bits per heavy atom. The summed E-state index contributed by atoms with van der Waals surface area (Å²) in [7, 11) is -4.31. The van der Waals surface area contributed by atoms with Gasteiger partial charge in [-0.1, -0.05) is 83.2 Å². The van der Waals surface area contributed by atoms with E-state index in [9.17, 15) is 18.0 Å². The first-order valence-electron chi connectivity index (χ1n) is 12.8. The van der Waals surface area contributed by atoms with E-state index in [1.165, 1.54) is 35.2 Å². The van der Waals surface area contributed by atoms with Gasteiger partial charge in [-0.2, -0.15) is 0 Å². The van der Waals surface area contributed by atoms with Gasteiger partial charge in [-0.3, -0.25) is 13.9 Å². The van der Waals surface area contributed by atoms with Crippen LogP contribution in [0.3, 0.4) is 0 Å². The van der Waals surface area contributed by atoms with Crippen LogP contribution in [0.15, 0.2) is 65.6 Å². The number of hydrogen-bond donors (Lipinski definition) is 1. The molecule has 3 aromatic carbocycles. The molecule has 2 atom stereocenters. The number of nitrogens with one attached hydrogen (secondary N) is 1. The number of aryl methyl sites for hydroxylation is 1. The summed E-state index contributed by atoms with van der Waals surface area (Å²) >= 11 is 25.5. The fourth-order valence-electron chi connectivity index (χ4n) is 3.94. The van der Waals surface area contributed by atoms with Gasteiger partial charge in [0.15, 0.2) is 0 Å². The highest BCUT2D eigenvalue weighted by Crippen LogP contribution is 2.36. The SMILES string of the molecule is CC[C@@H](C)NC(=O)[C@@H](C)N(Cc1c(Cl)cccc1Cl)C(=O)CN(c1cccc(Cl)c1Cl)S(=O)(=O)c1ccc(C)cc1. The van der Waals surface area contributed by atoms with E-state index in [0.717, 1.165) is 9.87 Å². The quantitative estimate of drug-likeness (QED) is 0.237. The molecule has 0 radical (unpaired) electrons. The fourth-order valence-corrected chi connectivity index (χ4v) is 6.33. The van der Waals surface area contributed by atoms with Gasteiger partial charge in [-0.25, -0.2) is 8.42 Å². The summed E-state index contributed by atoms with van der Waals surface area (Å²) in [6.45, 7) is 6.33. The lowest BCUT2D eigenvalue weighted by atomic mass is 10.1. The van der Waals surface area contributed by atoms with Crippen molar-refractivity contribution in [1.82, 2.24) is 10.2 Å². The third-order valence-corrected chi connectivity index (χ3v) is 9.94. The van der Waals surface area contributed by atoms with E-state index in [1.807, 2.05) is 20.8 Å². The van der Waals surface area contributed by atoms with E-state index in [1.54, 1.807) is 37.3 Å². The van der Waals surface area contributed by atoms with Gasteiger partial charge in [0, 0.05) is 28.2 Å². The molecule has 7 nitrogen and oxygen atoms in total. The van der Waals surface area contributed by atoms with Gasteiger partial charge < -0.3 is 10.2 Å². The number of amides is 2. The van der Waals surface area contributed by atoms with Gasteiger partial charge >= 0.3 is 0 Å². The second-order valence-electron chi connectivity index (χ2n) is 9.61. The highest BCUT2D eigenvalue weighted by molar-refractivity contribution is 7.92. The Balaban J connectivity index is 2.11. The minimum absolute atomic E-state index is 0.0144. The number of benzene rings is 3. The van der Waals surface area contributed by atoms with Crippen LogP contribution in [-0.4, -0.2) is 43.8 Å². The molecule has 0 fully saturated rings. The van der Waals surface area contributed by atoms with Gasteiger partial charge in [0.2, 0.25) is 11.8 Å². The lowest BCUT2D eigenvalue weighted by Gasteiger charge is -2.33. The summed E-state index contributed by atoms with van der Waals surface area (Å²) < 4.78 is 28.8. The van der Waals surface area contributed by atoms with Crippen molar-refractivity contribution >= 4 is 73.9 Å². The average Bonchev–Trinajstić information content (AvgIpc) is 2.93. The van der Waals surface area contributed by atoms with E-state index < -0.39 is 34.4 Å². The van der Waals surface area contributed by atoms with Crippen LogP contribution in [0, 0.1) is 6.92 Å². The number of sulfonamides is 1. The molecule has 0 spiro atoms. The predicted octanol–water partition coefficient (Wildman–Crippen LogP) is 7.14. The normalized spacial score (nSPS) is 12.9. The Hall–Kier alpha value is -2.49. The molecule has 0 heterocycles. The summed E-state index contributed by atoms with van der Waals surface area (Å²) in [5, 5.41) is 3.54. The molecule has 0 bridgehead atoms. The average molecular weight is 659 g/mol. The van der Waals surface area contributed by atoms with Crippen molar-refractivity contribution in [3.8, 4) is 0 Å². The fraction of sp³-hybridized carbons (Fsp3) is 0.310. The monoisotopic (exact) mass is 657 g/mol. The molecule has 0 aliphatic carbocycles. The zero-order valence-electron chi connectivity index (χ0n) is 23.0. The van der Waals surface area contributed by atoms with Crippen molar-refractivity contribution in [3.63, 3.8) is 0 Å². The van der Waals surface area contributed by atoms with E-state index in [4.69, 9.17) is 46.4 Å². The summed E-state index contributed by atoms with van der Waals surface area (Å²) in [5.41, 5.74) is 1.29. The van der Waals surface area contributed by atoms with Crippen LogP contribution < -0.4 is 9.62 Å². The van der Waals surface area contributed by atoms with Crippen LogP contribution in [-0.2, 0) is 26.2 Å². The van der Waals surface area contributed by atoms with Gasteiger partial charge in [-0.15, -0.1) is 0 Å². The van der Waals surface area contributed by atoms with Gasteiger partial charge in [-0.05, 0) is 63.6 Å².